The van der Waals surface area contributed by atoms with Crippen LogP contribution in [0.2, 0.25) is 0 Å². The first-order chi connectivity index (χ1) is 7.78. The number of nitrogens with zero attached hydrogens (tertiary/aromatic N) is 5. The second-order valence-electron chi connectivity index (χ2n) is 3.13. The van der Waals surface area contributed by atoms with E-state index in [1.807, 2.05) is 19.4 Å². The van der Waals surface area contributed by atoms with E-state index in [-0.39, 0.29) is 0 Å². The standard InChI is InChI=1S/C9H12N6S/c1-15-6-13-8(14-15)4-10-7-3-9(16-2)12-5-11-7/h3,5-6H,4H2,1-2H3,(H,10,11,12). The molecule has 0 aliphatic carbocycles. The molecule has 0 saturated heterocycles. The van der Waals surface area contributed by atoms with Crippen molar-refractivity contribution in [3.63, 3.8) is 0 Å². The minimum atomic E-state index is 0.561. The van der Waals surface area contributed by atoms with Crippen LogP contribution in [-0.2, 0) is 13.6 Å². The van der Waals surface area contributed by atoms with E-state index in [0.717, 1.165) is 16.7 Å². The zero-order chi connectivity index (χ0) is 11.4. The zero-order valence-corrected chi connectivity index (χ0v) is 9.90. The molecule has 0 aromatic carbocycles. The lowest BCUT2D eigenvalue weighted by molar-refractivity contribution is 0.746. The van der Waals surface area contributed by atoms with Gasteiger partial charge < -0.3 is 5.32 Å². The number of anilines is 1. The highest BCUT2D eigenvalue weighted by Crippen LogP contribution is 2.13. The Hall–Kier alpha value is -1.63. The fourth-order valence-corrected chi connectivity index (χ4v) is 1.56. The van der Waals surface area contributed by atoms with E-state index in [9.17, 15) is 0 Å². The Balaban J connectivity index is 1.99. The van der Waals surface area contributed by atoms with E-state index in [1.165, 1.54) is 0 Å². The summed E-state index contributed by atoms with van der Waals surface area (Å²) in [6.45, 7) is 0.561. The molecule has 1 N–H and O–H groups in total. The summed E-state index contributed by atoms with van der Waals surface area (Å²) < 4.78 is 1.67. The first kappa shape index (κ1) is 10.9. The molecule has 0 radical (unpaired) electrons. The van der Waals surface area contributed by atoms with Crippen molar-refractivity contribution < 1.29 is 0 Å². The average Bonchev–Trinajstić information content (AvgIpc) is 2.73. The van der Waals surface area contributed by atoms with Crippen molar-refractivity contribution in [1.82, 2.24) is 24.7 Å². The lowest BCUT2D eigenvalue weighted by Gasteiger charge is -2.03. The van der Waals surface area contributed by atoms with Gasteiger partial charge in [-0.2, -0.15) is 5.10 Å². The van der Waals surface area contributed by atoms with E-state index in [4.69, 9.17) is 0 Å². The number of hydrogen-bond acceptors (Lipinski definition) is 6. The summed E-state index contributed by atoms with van der Waals surface area (Å²) in [6.07, 6.45) is 5.19. The lowest BCUT2D eigenvalue weighted by atomic mass is 10.5. The summed E-state index contributed by atoms with van der Waals surface area (Å²) in [6, 6.07) is 1.90. The second-order valence-corrected chi connectivity index (χ2v) is 3.96. The van der Waals surface area contributed by atoms with Crippen molar-refractivity contribution in [3.05, 3.63) is 24.5 Å². The molecule has 7 heteroatoms. The normalized spacial score (nSPS) is 10.4. The molecule has 0 aliphatic heterocycles. The Bertz CT molecular complexity index is 469. The molecule has 0 fully saturated rings. The SMILES string of the molecule is CSc1cc(NCc2ncn(C)n2)ncn1. The first-order valence-corrected chi connectivity index (χ1v) is 5.95. The number of aromatic nitrogens is 5. The van der Waals surface area contributed by atoms with Gasteiger partial charge in [-0.15, -0.1) is 11.8 Å². The van der Waals surface area contributed by atoms with E-state index in [0.29, 0.717) is 6.54 Å². The Morgan fingerprint density at radius 3 is 2.94 bits per heavy atom. The minimum absolute atomic E-state index is 0.561. The lowest BCUT2D eigenvalue weighted by Crippen LogP contribution is -2.04. The monoisotopic (exact) mass is 236 g/mol. The number of aryl methyl sites for hydroxylation is 1. The van der Waals surface area contributed by atoms with Crippen LogP contribution in [0.5, 0.6) is 0 Å². The number of thioether (sulfide) groups is 1. The van der Waals surface area contributed by atoms with Crippen LogP contribution in [0.1, 0.15) is 5.82 Å². The topological polar surface area (TPSA) is 68.5 Å². The maximum Gasteiger partial charge on any atom is 0.169 e. The van der Waals surface area contributed by atoms with E-state index >= 15 is 0 Å². The molecule has 0 bridgehead atoms. The molecule has 2 rings (SSSR count). The zero-order valence-electron chi connectivity index (χ0n) is 9.08. The summed E-state index contributed by atoms with van der Waals surface area (Å²) in [5, 5.41) is 8.25. The highest BCUT2D eigenvalue weighted by molar-refractivity contribution is 7.98. The molecule has 2 aromatic rings. The molecule has 16 heavy (non-hydrogen) atoms. The van der Waals surface area contributed by atoms with Crippen LogP contribution in [0, 0.1) is 0 Å². The van der Waals surface area contributed by atoms with Gasteiger partial charge in [0, 0.05) is 13.1 Å². The summed E-state index contributed by atoms with van der Waals surface area (Å²) >= 11 is 1.58. The van der Waals surface area contributed by atoms with Gasteiger partial charge >= 0.3 is 0 Å². The highest BCUT2D eigenvalue weighted by Gasteiger charge is 2.00. The van der Waals surface area contributed by atoms with Crippen LogP contribution < -0.4 is 5.32 Å². The van der Waals surface area contributed by atoms with Gasteiger partial charge in [-0.25, -0.2) is 15.0 Å². The third-order valence-corrected chi connectivity index (χ3v) is 2.57. The van der Waals surface area contributed by atoms with Crippen molar-refractivity contribution in [1.29, 1.82) is 0 Å². The van der Waals surface area contributed by atoms with Gasteiger partial charge in [-0.05, 0) is 6.26 Å². The Labute approximate surface area is 97.5 Å². The van der Waals surface area contributed by atoms with Crippen LogP contribution in [0.15, 0.2) is 23.7 Å². The molecular weight excluding hydrogens is 224 g/mol. The Kier molecular flexibility index (Phi) is 3.35. The van der Waals surface area contributed by atoms with Gasteiger partial charge in [0.15, 0.2) is 5.82 Å². The Morgan fingerprint density at radius 1 is 1.38 bits per heavy atom. The summed E-state index contributed by atoms with van der Waals surface area (Å²) in [5.74, 6) is 1.53. The maximum atomic E-state index is 4.16. The van der Waals surface area contributed by atoms with Crippen molar-refractivity contribution in [3.8, 4) is 0 Å². The third kappa shape index (κ3) is 2.69. The molecule has 84 valence electrons. The second kappa shape index (κ2) is 4.93. The van der Waals surface area contributed by atoms with E-state index < -0.39 is 0 Å². The molecule has 0 saturated carbocycles. The predicted molar refractivity (Wildman–Crippen MR) is 62.1 cm³/mol. The average molecular weight is 236 g/mol. The maximum absolute atomic E-state index is 4.16. The number of nitrogens with one attached hydrogen (secondary N) is 1. The molecule has 0 unspecified atom stereocenters. The van der Waals surface area contributed by atoms with Crippen molar-refractivity contribution in [2.45, 2.75) is 11.6 Å². The minimum Gasteiger partial charge on any atom is -0.363 e. The first-order valence-electron chi connectivity index (χ1n) is 4.72. The fraction of sp³-hybridized carbons (Fsp3) is 0.333. The summed E-state index contributed by atoms with van der Waals surface area (Å²) in [7, 11) is 1.84. The molecule has 0 aliphatic rings. The highest BCUT2D eigenvalue weighted by atomic mass is 32.2. The summed E-state index contributed by atoms with van der Waals surface area (Å²) in [5.41, 5.74) is 0. The quantitative estimate of drug-likeness (QED) is 0.629. The van der Waals surface area contributed by atoms with Gasteiger partial charge in [0.1, 0.15) is 23.5 Å². The fourth-order valence-electron chi connectivity index (χ4n) is 1.18. The molecule has 0 atom stereocenters. The smallest absolute Gasteiger partial charge is 0.169 e. The number of hydrogen-bond donors (Lipinski definition) is 1. The van der Waals surface area contributed by atoms with Gasteiger partial charge in [-0.3, -0.25) is 4.68 Å². The third-order valence-electron chi connectivity index (χ3n) is 1.93. The number of rotatable bonds is 4. The van der Waals surface area contributed by atoms with Crippen LogP contribution in [-0.4, -0.2) is 31.0 Å². The van der Waals surface area contributed by atoms with Gasteiger partial charge in [0.05, 0.1) is 6.54 Å². The van der Waals surface area contributed by atoms with Gasteiger partial charge in [0.2, 0.25) is 0 Å². The summed E-state index contributed by atoms with van der Waals surface area (Å²) in [4.78, 5) is 12.3. The van der Waals surface area contributed by atoms with Crippen LogP contribution in [0.4, 0.5) is 5.82 Å². The van der Waals surface area contributed by atoms with E-state index in [2.05, 4.69) is 25.4 Å². The van der Waals surface area contributed by atoms with E-state index in [1.54, 1.807) is 29.1 Å². The molecule has 6 nitrogen and oxygen atoms in total. The molecular formula is C9H12N6S. The van der Waals surface area contributed by atoms with Gasteiger partial charge in [0.25, 0.3) is 0 Å². The molecule has 0 spiro atoms. The van der Waals surface area contributed by atoms with Crippen molar-refractivity contribution in [2.75, 3.05) is 11.6 Å². The van der Waals surface area contributed by atoms with Gasteiger partial charge in [-0.1, -0.05) is 0 Å². The van der Waals surface area contributed by atoms with Crippen LogP contribution >= 0.6 is 11.8 Å². The van der Waals surface area contributed by atoms with Crippen LogP contribution in [0.25, 0.3) is 0 Å². The van der Waals surface area contributed by atoms with Crippen molar-refractivity contribution in [2.24, 2.45) is 7.05 Å². The molecule has 2 heterocycles. The predicted octanol–water partition coefficient (Wildman–Crippen LogP) is 0.939. The van der Waals surface area contributed by atoms with Crippen molar-refractivity contribution >= 4 is 17.6 Å². The Morgan fingerprint density at radius 2 is 2.25 bits per heavy atom. The largest absolute Gasteiger partial charge is 0.363 e. The van der Waals surface area contributed by atoms with Crippen LogP contribution in [0.3, 0.4) is 0 Å². The molecule has 0 amide bonds. The molecule has 2 aromatic heterocycles.